The van der Waals surface area contributed by atoms with Crippen LogP contribution in [0.3, 0.4) is 0 Å². The summed E-state index contributed by atoms with van der Waals surface area (Å²) in [7, 11) is 0. The minimum absolute atomic E-state index is 0.0746. The molecule has 1 saturated carbocycles. The quantitative estimate of drug-likeness (QED) is 0.308. The number of hydrogen-bond donors (Lipinski definition) is 3. The van der Waals surface area contributed by atoms with Crippen molar-refractivity contribution in [1.29, 1.82) is 0 Å². The average molecular weight is 532 g/mol. The van der Waals surface area contributed by atoms with Crippen LogP contribution in [0.15, 0.2) is 60.8 Å². The fraction of sp³-hybridized carbons (Fsp3) is 0.250. The molecule has 1 aliphatic heterocycles. The van der Waals surface area contributed by atoms with Gasteiger partial charge in [0.1, 0.15) is 5.75 Å². The van der Waals surface area contributed by atoms with Crippen molar-refractivity contribution in [2.24, 2.45) is 0 Å². The highest BCUT2D eigenvalue weighted by atomic mass is 32.1. The average Bonchev–Trinajstić information content (AvgIpc) is 3.61. The van der Waals surface area contributed by atoms with Gasteiger partial charge in [0.25, 0.3) is 0 Å². The van der Waals surface area contributed by atoms with E-state index in [4.69, 9.17) is 4.74 Å². The Balaban J connectivity index is 1.17. The van der Waals surface area contributed by atoms with E-state index in [0.29, 0.717) is 31.1 Å². The van der Waals surface area contributed by atoms with Gasteiger partial charge < -0.3 is 25.6 Å². The van der Waals surface area contributed by atoms with Crippen LogP contribution >= 0.6 is 11.3 Å². The molecule has 10 heteroatoms. The first kappa shape index (κ1) is 24.3. The molecule has 0 spiro atoms. The lowest BCUT2D eigenvalue weighted by molar-refractivity contribution is -0.132. The molecule has 8 nitrogen and oxygen atoms in total. The standard InChI is InChI=1S/C28H26FN5O3S/c29-21-13-20(33-28(36)32-19-5-6-19)7-9-23(21)37-24-3-1-2-18-12-25(38-27(18)24)22-8-4-17(14-31-22)16-34-11-10-30-15-26(34)35/h1-4,7-9,12-14,19,30H,5-6,10-11,15-16H2,(H2,32,33,36). The van der Waals surface area contributed by atoms with Crippen molar-refractivity contribution in [3.05, 3.63) is 72.2 Å². The van der Waals surface area contributed by atoms with Crippen LogP contribution in [-0.4, -0.2) is 47.5 Å². The number of halogens is 1. The third kappa shape index (κ3) is 5.46. The van der Waals surface area contributed by atoms with Gasteiger partial charge in [-0.15, -0.1) is 11.3 Å². The number of piperazine rings is 1. The minimum atomic E-state index is -0.566. The molecule has 0 unspecified atom stereocenters. The maximum atomic E-state index is 14.8. The first-order valence-corrected chi connectivity index (χ1v) is 13.3. The number of thiophene rings is 1. The van der Waals surface area contributed by atoms with E-state index in [-0.39, 0.29) is 23.7 Å². The van der Waals surface area contributed by atoms with Crippen LogP contribution in [0, 0.1) is 5.82 Å². The van der Waals surface area contributed by atoms with Gasteiger partial charge in [0, 0.05) is 43.6 Å². The van der Waals surface area contributed by atoms with Crippen LogP contribution in [-0.2, 0) is 11.3 Å². The molecular weight excluding hydrogens is 505 g/mol. The molecule has 0 radical (unpaired) electrons. The van der Waals surface area contributed by atoms with E-state index in [1.54, 1.807) is 12.1 Å². The second-order valence-corrected chi connectivity index (χ2v) is 10.5. The molecule has 0 atom stereocenters. The van der Waals surface area contributed by atoms with Crippen LogP contribution < -0.4 is 20.7 Å². The van der Waals surface area contributed by atoms with Crippen molar-refractivity contribution in [2.75, 3.05) is 25.0 Å². The molecule has 1 saturated heterocycles. The van der Waals surface area contributed by atoms with Gasteiger partial charge in [-0.1, -0.05) is 18.2 Å². The molecule has 1 aliphatic carbocycles. The number of urea groups is 1. The highest BCUT2D eigenvalue weighted by Crippen LogP contribution is 2.40. The van der Waals surface area contributed by atoms with Gasteiger partial charge in [0.15, 0.2) is 11.6 Å². The maximum Gasteiger partial charge on any atom is 0.319 e. The van der Waals surface area contributed by atoms with E-state index in [2.05, 4.69) is 20.9 Å². The molecule has 4 aromatic rings. The zero-order valence-corrected chi connectivity index (χ0v) is 21.3. The summed E-state index contributed by atoms with van der Waals surface area (Å²) in [5.74, 6) is 0.145. The molecule has 3 N–H and O–H groups in total. The molecule has 3 amide bonds. The van der Waals surface area contributed by atoms with Gasteiger partial charge in [-0.25, -0.2) is 9.18 Å². The molecule has 2 aliphatic rings. The normalized spacial score (nSPS) is 15.5. The lowest BCUT2D eigenvalue weighted by Crippen LogP contribution is -2.47. The monoisotopic (exact) mass is 531 g/mol. The summed E-state index contributed by atoms with van der Waals surface area (Å²) in [6.07, 6.45) is 3.76. The van der Waals surface area contributed by atoms with Crippen LogP contribution in [0.25, 0.3) is 20.7 Å². The number of carbonyl (C=O) groups excluding carboxylic acids is 2. The van der Waals surface area contributed by atoms with Crippen molar-refractivity contribution >= 4 is 39.0 Å². The van der Waals surface area contributed by atoms with E-state index < -0.39 is 5.82 Å². The molecule has 2 aromatic carbocycles. The Morgan fingerprint density at radius 2 is 2.05 bits per heavy atom. The number of amides is 3. The largest absolute Gasteiger partial charge is 0.453 e. The van der Waals surface area contributed by atoms with E-state index >= 15 is 0 Å². The number of pyridine rings is 1. The summed E-state index contributed by atoms with van der Waals surface area (Å²) < 4.78 is 21.7. The van der Waals surface area contributed by atoms with E-state index in [1.807, 2.05) is 41.4 Å². The number of aromatic nitrogens is 1. The van der Waals surface area contributed by atoms with E-state index in [1.165, 1.54) is 23.5 Å². The third-order valence-corrected chi connectivity index (χ3v) is 7.66. The number of nitrogens with zero attached hydrogens (tertiary/aromatic N) is 2. The SMILES string of the molecule is O=C(Nc1ccc(Oc2cccc3cc(-c4ccc(CN5CCNCC5=O)cn4)sc23)c(F)c1)NC1CC1. The topological polar surface area (TPSA) is 95.6 Å². The van der Waals surface area contributed by atoms with Gasteiger partial charge in [0.05, 0.1) is 21.8 Å². The molecule has 3 heterocycles. The Kier molecular flexibility index (Phi) is 6.65. The van der Waals surface area contributed by atoms with Crippen molar-refractivity contribution in [3.63, 3.8) is 0 Å². The smallest absolute Gasteiger partial charge is 0.319 e. The second-order valence-electron chi connectivity index (χ2n) is 9.45. The number of hydrogen-bond acceptors (Lipinski definition) is 6. The fourth-order valence-corrected chi connectivity index (χ4v) is 5.39. The number of carbonyl (C=O) groups is 2. The Hall–Kier alpha value is -4.02. The highest BCUT2D eigenvalue weighted by Gasteiger charge is 2.23. The van der Waals surface area contributed by atoms with Gasteiger partial charge in [-0.3, -0.25) is 9.78 Å². The summed E-state index contributed by atoms with van der Waals surface area (Å²) in [5, 5.41) is 9.51. The van der Waals surface area contributed by atoms with Gasteiger partial charge >= 0.3 is 6.03 Å². The van der Waals surface area contributed by atoms with Crippen LogP contribution in [0.4, 0.5) is 14.9 Å². The highest BCUT2D eigenvalue weighted by molar-refractivity contribution is 7.22. The number of fused-ring (bicyclic) bond motifs is 1. The Labute approximate surface area is 222 Å². The molecule has 2 aromatic heterocycles. The van der Waals surface area contributed by atoms with Gasteiger partial charge in [-0.05, 0) is 54.1 Å². The molecule has 38 heavy (non-hydrogen) atoms. The van der Waals surface area contributed by atoms with Crippen LogP contribution in [0.1, 0.15) is 18.4 Å². The molecule has 2 fully saturated rings. The molecule has 6 rings (SSSR count). The van der Waals surface area contributed by atoms with Crippen molar-refractivity contribution < 1.29 is 18.7 Å². The Morgan fingerprint density at radius 3 is 2.82 bits per heavy atom. The molecule has 0 bridgehead atoms. The number of nitrogens with one attached hydrogen (secondary N) is 3. The van der Waals surface area contributed by atoms with Crippen molar-refractivity contribution in [2.45, 2.75) is 25.4 Å². The van der Waals surface area contributed by atoms with Crippen LogP contribution in [0.5, 0.6) is 11.5 Å². The first-order chi connectivity index (χ1) is 18.5. The molecule has 194 valence electrons. The minimum Gasteiger partial charge on any atom is -0.453 e. The van der Waals surface area contributed by atoms with Gasteiger partial charge in [0.2, 0.25) is 5.91 Å². The fourth-order valence-electron chi connectivity index (χ4n) is 4.30. The second kappa shape index (κ2) is 10.4. The van der Waals surface area contributed by atoms with Gasteiger partial charge in [-0.2, -0.15) is 0 Å². The zero-order chi connectivity index (χ0) is 26.1. The number of ether oxygens (including phenoxy) is 1. The predicted molar refractivity (Wildman–Crippen MR) is 145 cm³/mol. The summed E-state index contributed by atoms with van der Waals surface area (Å²) in [5.41, 5.74) is 2.16. The van der Waals surface area contributed by atoms with Crippen molar-refractivity contribution in [1.82, 2.24) is 20.5 Å². The van der Waals surface area contributed by atoms with E-state index in [9.17, 15) is 14.0 Å². The Bertz CT molecular complexity index is 1500. The van der Waals surface area contributed by atoms with Crippen molar-refractivity contribution in [3.8, 4) is 22.1 Å². The predicted octanol–water partition coefficient (Wildman–Crippen LogP) is 5.11. The summed E-state index contributed by atoms with van der Waals surface area (Å²) in [6, 6.07) is 15.9. The maximum absolute atomic E-state index is 14.8. The Morgan fingerprint density at radius 1 is 1.16 bits per heavy atom. The van der Waals surface area contributed by atoms with E-state index in [0.717, 1.165) is 45.6 Å². The number of benzene rings is 2. The molecular formula is C28H26FN5O3S. The number of anilines is 1. The zero-order valence-electron chi connectivity index (χ0n) is 20.5. The summed E-state index contributed by atoms with van der Waals surface area (Å²) in [6.45, 7) is 2.41. The number of rotatable bonds is 7. The van der Waals surface area contributed by atoms with Crippen LogP contribution in [0.2, 0.25) is 0 Å². The summed E-state index contributed by atoms with van der Waals surface area (Å²) in [4.78, 5) is 31.4. The lowest BCUT2D eigenvalue weighted by atomic mass is 10.2. The summed E-state index contributed by atoms with van der Waals surface area (Å²) >= 11 is 1.52. The first-order valence-electron chi connectivity index (χ1n) is 12.5. The third-order valence-electron chi connectivity index (χ3n) is 6.47. The lowest BCUT2D eigenvalue weighted by Gasteiger charge is -2.27.